The zero-order valence-electron chi connectivity index (χ0n) is 11.2. The van der Waals surface area contributed by atoms with Gasteiger partial charge < -0.3 is 19.9 Å². The van der Waals surface area contributed by atoms with Crippen molar-refractivity contribution in [3.8, 4) is 0 Å². The van der Waals surface area contributed by atoms with Crippen molar-refractivity contribution in [3.05, 3.63) is 34.2 Å². The van der Waals surface area contributed by atoms with E-state index in [1.54, 1.807) is 6.07 Å². The van der Waals surface area contributed by atoms with Crippen molar-refractivity contribution >= 4 is 5.91 Å². The minimum Gasteiger partial charge on any atom is -0.375 e. The van der Waals surface area contributed by atoms with Crippen LogP contribution in [0.5, 0.6) is 0 Å². The minimum atomic E-state index is -0.376. The number of nitrogens with one attached hydrogen (secondary N) is 2. The SMILES string of the molecule is CCO[C@@H]1CN(C)C[C@H]1NC(=O)c1ccc[nH]c1=O. The molecule has 1 saturated heterocycles. The molecule has 1 fully saturated rings. The molecule has 0 aromatic carbocycles. The van der Waals surface area contributed by atoms with E-state index in [9.17, 15) is 9.59 Å². The lowest BCUT2D eigenvalue weighted by molar-refractivity contribution is 0.0513. The molecule has 0 radical (unpaired) electrons. The van der Waals surface area contributed by atoms with E-state index in [0.29, 0.717) is 6.61 Å². The fraction of sp³-hybridized carbons (Fsp3) is 0.538. The number of likely N-dealkylation sites (N-methyl/N-ethyl adjacent to an activating group) is 1. The van der Waals surface area contributed by atoms with Gasteiger partial charge in [0.2, 0.25) is 0 Å². The maximum absolute atomic E-state index is 12.1. The molecule has 1 aromatic heterocycles. The van der Waals surface area contributed by atoms with Crippen LogP contribution in [0, 0.1) is 0 Å². The molecular weight excluding hydrogens is 246 g/mol. The quantitative estimate of drug-likeness (QED) is 0.792. The number of rotatable bonds is 4. The number of amides is 1. The van der Waals surface area contributed by atoms with E-state index in [2.05, 4.69) is 15.2 Å². The predicted octanol–water partition coefficient (Wildman–Crippen LogP) is -0.176. The standard InChI is InChI=1S/C13H19N3O3/c1-3-19-11-8-16(2)7-10(11)15-13(18)9-5-4-6-14-12(9)17/h4-6,10-11H,3,7-8H2,1-2H3,(H,14,17)(H,15,18)/t10-,11-/m1/s1. The summed E-state index contributed by atoms with van der Waals surface area (Å²) in [6.45, 7) is 4.04. The number of likely N-dealkylation sites (tertiary alicyclic amines) is 1. The summed E-state index contributed by atoms with van der Waals surface area (Å²) in [6.07, 6.45) is 1.48. The molecule has 104 valence electrons. The highest BCUT2D eigenvalue weighted by Crippen LogP contribution is 2.12. The largest absolute Gasteiger partial charge is 0.375 e. The maximum atomic E-state index is 12.1. The number of aromatic nitrogens is 1. The fourth-order valence-electron chi connectivity index (χ4n) is 2.33. The van der Waals surface area contributed by atoms with Gasteiger partial charge in [-0.2, -0.15) is 0 Å². The molecule has 6 nitrogen and oxygen atoms in total. The van der Waals surface area contributed by atoms with Crippen LogP contribution in [0.15, 0.2) is 23.1 Å². The van der Waals surface area contributed by atoms with Gasteiger partial charge >= 0.3 is 0 Å². The second kappa shape index (κ2) is 5.99. The van der Waals surface area contributed by atoms with Crippen LogP contribution in [0.1, 0.15) is 17.3 Å². The highest BCUT2D eigenvalue weighted by atomic mass is 16.5. The molecule has 0 saturated carbocycles. The Morgan fingerprint density at radius 1 is 1.58 bits per heavy atom. The average molecular weight is 265 g/mol. The van der Waals surface area contributed by atoms with Crippen molar-refractivity contribution in [1.82, 2.24) is 15.2 Å². The molecule has 2 N–H and O–H groups in total. The molecule has 1 aliphatic rings. The third-order valence-electron chi connectivity index (χ3n) is 3.21. The smallest absolute Gasteiger partial charge is 0.260 e. The summed E-state index contributed by atoms with van der Waals surface area (Å²) in [5.74, 6) is -0.355. The number of ether oxygens (including phenoxy) is 1. The molecule has 1 aliphatic heterocycles. The van der Waals surface area contributed by atoms with Crippen LogP contribution in [-0.2, 0) is 4.74 Å². The van der Waals surface area contributed by atoms with Gasteiger partial charge in [0.15, 0.2) is 0 Å². The summed E-state index contributed by atoms with van der Waals surface area (Å²) in [4.78, 5) is 28.2. The first-order valence-electron chi connectivity index (χ1n) is 6.40. The molecule has 6 heteroatoms. The number of H-pyrrole nitrogens is 1. The monoisotopic (exact) mass is 265 g/mol. The van der Waals surface area contributed by atoms with E-state index in [1.807, 2.05) is 14.0 Å². The molecule has 0 spiro atoms. The van der Waals surface area contributed by atoms with E-state index in [4.69, 9.17) is 4.74 Å². The highest BCUT2D eigenvalue weighted by Gasteiger charge is 2.32. The molecule has 0 bridgehead atoms. The van der Waals surface area contributed by atoms with Gasteiger partial charge in [0.1, 0.15) is 5.56 Å². The molecule has 2 rings (SSSR count). The van der Waals surface area contributed by atoms with Gasteiger partial charge in [-0.3, -0.25) is 9.59 Å². The third kappa shape index (κ3) is 3.21. The van der Waals surface area contributed by atoms with Crippen LogP contribution in [0.25, 0.3) is 0 Å². The predicted molar refractivity (Wildman–Crippen MR) is 71.2 cm³/mol. The van der Waals surface area contributed by atoms with E-state index in [0.717, 1.165) is 13.1 Å². The summed E-state index contributed by atoms with van der Waals surface area (Å²) in [7, 11) is 1.98. The Balaban J connectivity index is 2.06. The second-order valence-corrected chi connectivity index (χ2v) is 4.71. The molecule has 0 aliphatic carbocycles. The van der Waals surface area contributed by atoms with Crippen LogP contribution in [0.2, 0.25) is 0 Å². The number of carbonyl (C=O) groups is 1. The van der Waals surface area contributed by atoms with Crippen molar-refractivity contribution in [3.63, 3.8) is 0 Å². The molecule has 0 unspecified atom stereocenters. The number of hydrogen-bond donors (Lipinski definition) is 2. The van der Waals surface area contributed by atoms with E-state index < -0.39 is 0 Å². The number of hydrogen-bond acceptors (Lipinski definition) is 4. The van der Waals surface area contributed by atoms with Crippen LogP contribution < -0.4 is 10.9 Å². The molecule has 1 amide bonds. The van der Waals surface area contributed by atoms with Crippen molar-refractivity contribution in [2.24, 2.45) is 0 Å². The van der Waals surface area contributed by atoms with E-state index in [1.165, 1.54) is 12.3 Å². The Morgan fingerprint density at radius 3 is 3.05 bits per heavy atom. The van der Waals surface area contributed by atoms with Crippen molar-refractivity contribution in [1.29, 1.82) is 0 Å². The van der Waals surface area contributed by atoms with Gasteiger partial charge in [-0.15, -0.1) is 0 Å². The lowest BCUT2D eigenvalue weighted by Gasteiger charge is -2.19. The highest BCUT2D eigenvalue weighted by molar-refractivity contribution is 5.94. The van der Waals surface area contributed by atoms with Crippen LogP contribution in [-0.4, -0.2) is 54.7 Å². The first-order chi connectivity index (χ1) is 9.11. The van der Waals surface area contributed by atoms with Gasteiger partial charge in [0.25, 0.3) is 11.5 Å². The Morgan fingerprint density at radius 2 is 2.37 bits per heavy atom. The van der Waals surface area contributed by atoms with Crippen molar-refractivity contribution < 1.29 is 9.53 Å². The van der Waals surface area contributed by atoms with Crippen molar-refractivity contribution in [2.75, 3.05) is 26.7 Å². The van der Waals surface area contributed by atoms with Gasteiger partial charge in [0.05, 0.1) is 12.1 Å². The summed E-state index contributed by atoms with van der Waals surface area (Å²) in [5.41, 5.74) is -0.244. The fourth-order valence-corrected chi connectivity index (χ4v) is 2.33. The maximum Gasteiger partial charge on any atom is 0.260 e. The molecule has 2 heterocycles. The lowest BCUT2D eigenvalue weighted by Crippen LogP contribution is -2.45. The van der Waals surface area contributed by atoms with Gasteiger partial charge in [-0.25, -0.2) is 0 Å². The van der Waals surface area contributed by atoms with Crippen LogP contribution in [0.3, 0.4) is 0 Å². The zero-order chi connectivity index (χ0) is 13.8. The van der Waals surface area contributed by atoms with Gasteiger partial charge in [0, 0.05) is 25.9 Å². The molecular formula is C13H19N3O3. The van der Waals surface area contributed by atoms with Gasteiger partial charge in [-0.05, 0) is 26.1 Å². The molecule has 1 aromatic rings. The molecule has 19 heavy (non-hydrogen) atoms. The van der Waals surface area contributed by atoms with Crippen LogP contribution >= 0.6 is 0 Å². The summed E-state index contributed by atoms with van der Waals surface area (Å²) < 4.78 is 5.61. The molecule has 2 atom stereocenters. The Hall–Kier alpha value is -1.66. The summed E-state index contributed by atoms with van der Waals surface area (Å²) in [6, 6.07) is 3.07. The summed E-state index contributed by atoms with van der Waals surface area (Å²) in [5, 5.41) is 2.88. The second-order valence-electron chi connectivity index (χ2n) is 4.71. The topological polar surface area (TPSA) is 74.4 Å². The Bertz CT molecular complexity index is 500. The first kappa shape index (κ1) is 13.8. The zero-order valence-corrected chi connectivity index (χ0v) is 11.2. The van der Waals surface area contributed by atoms with E-state index in [-0.39, 0.29) is 29.2 Å². The van der Waals surface area contributed by atoms with E-state index >= 15 is 0 Å². The third-order valence-corrected chi connectivity index (χ3v) is 3.21. The minimum absolute atomic E-state index is 0.0262. The Kier molecular flexibility index (Phi) is 4.34. The Labute approximate surface area is 111 Å². The summed E-state index contributed by atoms with van der Waals surface area (Å²) >= 11 is 0. The number of aromatic amines is 1. The van der Waals surface area contributed by atoms with Gasteiger partial charge in [-0.1, -0.05) is 0 Å². The number of pyridine rings is 1. The number of nitrogens with zero attached hydrogens (tertiary/aromatic N) is 1. The van der Waals surface area contributed by atoms with Crippen molar-refractivity contribution in [2.45, 2.75) is 19.1 Å². The normalized spacial score (nSPS) is 23.5. The van der Waals surface area contributed by atoms with Crippen LogP contribution in [0.4, 0.5) is 0 Å². The average Bonchev–Trinajstić information content (AvgIpc) is 2.70. The first-order valence-corrected chi connectivity index (χ1v) is 6.40. The lowest BCUT2D eigenvalue weighted by atomic mass is 10.2. The number of carbonyl (C=O) groups excluding carboxylic acids is 1.